The van der Waals surface area contributed by atoms with Crippen molar-refractivity contribution in [3.05, 3.63) is 58.3 Å². The van der Waals surface area contributed by atoms with Crippen LogP contribution >= 0.6 is 15.9 Å². The number of halogens is 2. The Bertz CT molecular complexity index is 581. The Morgan fingerprint density at radius 2 is 1.89 bits per heavy atom. The third-order valence-corrected chi connectivity index (χ3v) is 3.01. The molecule has 2 rings (SSSR count). The van der Waals surface area contributed by atoms with Crippen molar-refractivity contribution in [1.29, 1.82) is 0 Å². The number of amides is 1. The Morgan fingerprint density at radius 3 is 2.56 bits per heavy atom. The third-order valence-electron chi connectivity index (χ3n) is 2.35. The van der Waals surface area contributed by atoms with Gasteiger partial charge in [-0.3, -0.25) is 4.79 Å². The average molecular weight is 310 g/mol. The van der Waals surface area contributed by atoms with Gasteiger partial charge in [0.05, 0.1) is 11.3 Å². The second kappa shape index (κ2) is 5.18. The van der Waals surface area contributed by atoms with Crippen LogP contribution in [0.2, 0.25) is 0 Å². The van der Waals surface area contributed by atoms with Crippen molar-refractivity contribution in [2.24, 2.45) is 0 Å². The standard InChI is InChI=1S/C13H9BrFNO2/c14-9-5-3-6-10(15)12(9)16-13(18)8-4-1-2-7-11(8)17/h1-7,17H,(H,16,18). The van der Waals surface area contributed by atoms with Crippen LogP contribution in [0, 0.1) is 5.82 Å². The summed E-state index contributed by atoms with van der Waals surface area (Å²) in [4.78, 5) is 11.9. The number of phenolic OH excluding ortho intramolecular Hbond substituents is 1. The number of rotatable bonds is 2. The van der Waals surface area contributed by atoms with E-state index in [0.29, 0.717) is 4.47 Å². The third kappa shape index (κ3) is 2.51. The quantitative estimate of drug-likeness (QED) is 0.891. The molecule has 0 aliphatic rings. The first kappa shape index (κ1) is 12.6. The van der Waals surface area contributed by atoms with E-state index in [0.717, 1.165) is 0 Å². The summed E-state index contributed by atoms with van der Waals surface area (Å²) >= 11 is 3.15. The lowest BCUT2D eigenvalue weighted by molar-refractivity contribution is 0.102. The maximum absolute atomic E-state index is 13.5. The Labute approximate surface area is 111 Å². The van der Waals surface area contributed by atoms with Crippen molar-refractivity contribution in [2.45, 2.75) is 0 Å². The number of carbonyl (C=O) groups is 1. The molecule has 0 bridgehead atoms. The predicted molar refractivity (Wildman–Crippen MR) is 70.2 cm³/mol. The number of para-hydroxylation sites is 2. The second-order valence-corrected chi connectivity index (χ2v) is 4.42. The fourth-order valence-electron chi connectivity index (χ4n) is 1.46. The van der Waals surface area contributed by atoms with Crippen LogP contribution in [0.15, 0.2) is 46.9 Å². The molecule has 0 saturated heterocycles. The smallest absolute Gasteiger partial charge is 0.259 e. The van der Waals surface area contributed by atoms with E-state index in [1.807, 2.05) is 0 Å². The minimum absolute atomic E-state index is 0.0470. The first-order chi connectivity index (χ1) is 8.59. The van der Waals surface area contributed by atoms with Crippen LogP contribution in [0.3, 0.4) is 0 Å². The molecule has 2 aromatic carbocycles. The highest BCUT2D eigenvalue weighted by Crippen LogP contribution is 2.26. The van der Waals surface area contributed by atoms with E-state index in [1.54, 1.807) is 18.2 Å². The van der Waals surface area contributed by atoms with Gasteiger partial charge < -0.3 is 10.4 Å². The first-order valence-corrected chi connectivity index (χ1v) is 5.92. The van der Waals surface area contributed by atoms with Gasteiger partial charge in [-0.25, -0.2) is 4.39 Å². The summed E-state index contributed by atoms with van der Waals surface area (Å²) in [5, 5.41) is 11.9. The molecule has 0 aromatic heterocycles. The Hall–Kier alpha value is -1.88. The van der Waals surface area contributed by atoms with Crippen molar-refractivity contribution in [3.63, 3.8) is 0 Å². The van der Waals surface area contributed by atoms with Crippen LogP contribution in [-0.2, 0) is 0 Å². The van der Waals surface area contributed by atoms with Crippen LogP contribution in [0.4, 0.5) is 10.1 Å². The molecule has 0 aliphatic heterocycles. The summed E-state index contributed by atoms with van der Waals surface area (Å²) in [6.07, 6.45) is 0. The number of phenols is 1. The topological polar surface area (TPSA) is 49.3 Å². The summed E-state index contributed by atoms with van der Waals surface area (Å²) in [6.45, 7) is 0. The molecule has 0 radical (unpaired) electrons. The van der Waals surface area contributed by atoms with Gasteiger partial charge in [-0.15, -0.1) is 0 Å². The van der Waals surface area contributed by atoms with Gasteiger partial charge in [0.1, 0.15) is 11.6 Å². The van der Waals surface area contributed by atoms with Gasteiger partial charge in [-0.2, -0.15) is 0 Å². The zero-order valence-electron chi connectivity index (χ0n) is 9.15. The minimum atomic E-state index is -0.570. The van der Waals surface area contributed by atoms with Crippen LogP contribution < -0.4 is 5.32 Å². The average Bonchev–Trinajstić information content (AvgIpc) is 2.34. The molecule has 2 N–H and O–H groups in total. The largest absolute Gasteiger partial charge is 0.507 e. The maximum atomic E-state index is 13.5. The highest BCUT2D eigenvalue weighted by Gasteiger charge is 2.14. The van der Waals surface area contributed by atoms with E-state index in [9.17, 15) is 14.3 Å². The van der Waals surface area contributed by atoms with Crippen molar-refractivity contribution < 1.29 is 14.3 Å². The van der Waals surface area contributed by atoms with Gasteiger partial charge in [0.15, 0.2) is 0 Å². The van der Waals surface area contributed by atoms with E-state index in [1.165, 1.54) is 24.3 Å². The Balaban J connectivity index is 2.30. The fourth-order valence-corrected chi connectivity index (χ4v) is 1.90. The molecule has 1 amide bonds. The number of carbonyl (C=O) groups excluding carboxylic acids is 1. The zero-order chi connectivity index (χ0) is 13.1. The van der Waals surface area contributed by atoms with Crippen LogP contribution in [0.25, 0.3) is 0 Å². The number of hydrogen-bond acceptors (Lipinski definition) is 2. The number of hydrogen-bond donors (Lipinski definition) is 2. The lowest BCUT2D eigenvalue weighted by atomic mass is 10.2. The van der Waals surface area contributed by atoms with Crippen molar-refractivity contribution in [2.75, 3.05) is 5.32 Å². The predicted octanol–water partition coefficient (Wildman–Crippen LogP) is 3.55. The molecule has 0 spiro atoms. The molecule has 0 saturated carbocycles. The zero-order valence-corrected chi connectivity index (χ0v) is 10.7. The monoisotopic (exact) mass is 309 g/mol. The van der Waals surface area contributed by atoms with Crippen molar-refractivity contribution in [3.8, 4) is 5.75 Å². The van der Waals surface area contributed by atoms with Gasteiger partial charge in [0.25, 0.3) is 5.91 Å². The van der Waals surface area contributed by atoms with Gasteiger partial charge in [-0.05, 0) is 40.2 Å². The molecular weight excluding hydrogens is 301 g/mol. The van der Waals surface area contributed by atoms with E-state index in [-0.39, 0.29) is 17.0 Å². The fraction of sp³-hybridized carbons (Fsp3) is 0. The van der Waals surface area contributed by atoms with Crippen molar-refractivity contribution in [1.82, 2.24) is 0 Å². The molecule has 3 nitrogen and oxygen atoms in total. The molecule has 0 fully saturated rings. The maximum Gasteiger partial charge on any atom is 0.259 e. The number of benzene rings is 2. The molecule has 5 heteroatoms. The molecule has 0 atom stereocenters. The summed E-state index contributed by atoms with van der Waals surface area (Å²) in [5.74, 6) is -1.27. The second-order valence-electron chi connectivity index (χ2n) is 3.57. The molecule has 18 heavy (non-hydrogen) atoms. The molecular formula is C13H9BrFNO2. The lowest BCUT2D eigenvalue weighted by Crippen LogP contribution is -2.13. The molecule has 2 aromatic rings. The summed E-state index contributed by atoms with van der Waals surface area (Å²) < 4.78 is 14.0. The SMILES string of the molecule is O=C(Nc1c(F)cccc1Br)c1ccccc1O. The normalized spacial score (nSPS) is 10.1. The van der Waals surface area contributed by atoms with E-state index < -0.39 is 11.7 Å². The number of nitrogens with one attached hydrogen (secondary N) is 1. The highest BCUT2D eigenvalue weighted by atomic mass is 79.9. The van der Waals surface area contributed by atoms with Gasteiger partial charge in [0, 0.05) is 4.47 Å². The van der Waals surface area contributed by atoms with E-state index in [2.05, 4.69) is 21.2 Å². The van der Waals surface area contributed by atoms with Gasteiger partial charge >= 0.3 is 0 Å². The molecule has 0 unspecified atom stereocenters. The first-order valence-electron chi connectivity index (χ1n) is 5.13. The number of aromatic hydroxyl groups is 1. The van der Waals surface area contributed by atoms with E-state index >= 15 is 0 Å². The van der Waals surface area contributed by atoms with Gasteiger partial charge in [-0.1, -0.05) is 18.2 Å². The summed E-state index contributed by atoms with van der Waals surface area (Å²) in [5.41, 5.74) is 0.137. The number of anilines is 1. The van der Waals surface area contributed by atoms with Crippen LogP contribution in [0.1, 0.15) is 10.4 Å². The summed E-state index contributed by atoms with van der Waals surface area (Å²) in [7, 11) is 0. The summed E-state index contributed by atoms with van der Waals surface area (Å²) in [6, 6.07) is 10.4. The minimum Gasteiger partial charge on any atom is -0.507 e. The highest BCUT2D eigenvalue weighted by molar-refractivity contribution is 9.10. The molecule has 0 aliphatic carbocycles. The lowest BCUT2D eigenvalue weighted by Gasteiger charge is -2.09. The molecule has 0 heterocycles. The Kier molecular flexibility index (Phi) is 3.62. The van der Waals surface area contributed by atoms with Crippen LogP contribution in [-0.4, -0.2) is 11.0 Å². The molecule has 92 valence electrons. The van der Waals surface area contributed by atoms with Crippen molar-refractivity contribution >= 4 is 27.5 Å². The van der Waals surface area contributed by atoms with Crippen LogP contribution in [0.5, 0.6) is 5.75 Å². The Morgan fingerprint density at radius 1 is 1.17 bits per heavy atom. The van der Waals surface area contributed by atoms with E-state index in [4.69, 9.17) is 0 Å². The van der Waals surface area contributed by atoms with Gasteiger partial charge in [0.2, 0.25) is 0 Å².